The van der Waals surface area contributed by atoms with Crippen LogP contribution in [0.25, 0.3) is 0 Å². The summed E-state index contributed by atoms with van der Waals surface area (Å²) < 4.78 is 0. The monoisotopic (exact) mass is 185 g/mol. The van der Waals surface area contributed by atoms with Crippen molar-refractivity contribution in [3.63, 3.8) is 0 Å². The first kappa shape index (κ1) is 11.0. The number of nitrogens with zero attached hydrogens (tertiary/aromatic N) is 1. The van der Waals surface area contributed by atoms with Crippen molar-refractivity contribution in [3.8, 4) is 0 Å². The molecule has 78 valence electrons. The number of rotatable bonds is 1. The standard InChI is InChI=1S/C11H23NO/c1-10(2,3)8-9-11(4,13)6-7-12(9)5/h9,13H,6-8H2,1-5H3/t9-,11-/m1/s1. The van der Waals surface area contributed by atoms with Gasteiger partial charge in [0.25, 0.3) is 0 Å². The third-order valence-electron chi connectivity index (χ3n) is 3.03. The maximum Gasteiger partial charge on any atom is 0.0786 e. The van der Waals surface area contributed by atoms with Gasteiger partial charge in [-0.1, -0.05) is 20.8 Å². The molecule has 13 heavy (non-hydrogen) atoms. The Morgan fingerprint density at radius 2 is 2.00 bits per heavy atom. The minimum atomic E-state index is -0.484. The minimum Gasteiger partial charge on any atom is -0.388 e. The molecule has 1 rings (SSSR count). The van der Waals surface area contributed by atoms with Gasteiger partial charge in [-0.05, 0) is 32.2 Å². The predicted octanol–water partition coefficient (Wildman–Crippen LogP) is 1.88. The molecule has 2 atom stereocenters. The zero-order valence-electron chi connectivity index (χ0n) is 9.59. The number of likely N-dealkylation sites (tertiary alicyclic amines) is 1. The van der Waals surface area contributed by atoms with Crippen LogP contribution < -0.4 is 0 Å². The Morgan fingerprint density at radius 3 is 2.31 bits per heavy atom. The quantitative estimate of drug-likeness (QED) is 0.674. The topological polar surface area (TPSA) is 23.5 Å². The second-order valence-corrected chi connectivity index (χ2v) is 5.87. The molecule has 1 saturated heterocycles. The molecule has 0 saturated carbocycles. The van der Waals surface area contributed by atoms with Crippen LogP contribution in [0.15, 0.2) is 0 Å². The molecule has 0 radical (unpaired) electrons. The molecule has 0 aromatic heterocycles. The summed E-state index contributed by atoms with van der Waals surface area (Å²) in [5, 5.41) is 10.1. The smallest absolute Gasteiger partial charge is 0.0786 e. The molecular formula is C11H23NO. The van der Waals surface area contributed by atoms with Crippen LogP contribution in [0.1, 0.15) is 40.5 Å². The van der Waals surface area contributed by atoms with Crippen LogP contribution in [-0.2, 0) is 0 Å². The van der Waals surface area contributed by atoms with E-state index in [0.717, 1.165) is 19.4 Å². The van der Waals surface area contributed by atoms with E-state index in [2.05, 4.69) is 32.7 Å². The van der Waals surface area contributed by atoms with Gasteiger partial charge in [-0.3, -0.25) is 0 Å². The largest absolute Gasteiger partial charge is 0.388 e. The van der Waals surface area contributed by atoms with E-state index in [1.807, 2.05) is 6.92 Å². The highest BCUT2D eigenvalue weighted by Gasteiger charge is 2.42. The van der Waals surface area contributed by atoms with E-state index in [0.29, 0.717) is 11.5 Å². The summed E-state index contributed by atoms with van der Waals surface area (Å²) in [4.78, 5) is 2.28. The molecule has 1 aliphatic heterocycles. The first-order valence-corrected chi connectivity index (χ1v) is 5.15. The van der Waals surface area contributed by atoms with Gasteiger partial charge in [-0.25, -0.2) is 0 Å². The van der Waals surface area contributed by atoms with Gasteiger partial charge in [0, 0.05) is 12.6 Å². The van der Waals surface area contributed by atoms with E-state index in [1.165, 1.54) is 0 Å². The maximum atomic E-state index is 10.1. The lowest BCUT2D eigenvalue weighted by Gasteiger charge is -2.34. The maximum absolute atomic E-state index is 10.1. The van der Waals surface area contributed by atoms with Crippen LogP contribution in [-0.4, -0.2) is 35.2 Å². The first-order chi connectivity index (χ1) is 5.72. The summed E-state index contributed by atoms with van der Waals surface area (Å²) in [7, 11) is 2.11. The zero-order valence-corrected chi connectivity index (χ0v) is 9.59. The highest BCUT2D eigenvalue weighted by Crippen LogP contribution is 2.35. The van der Waals surface area contributed by atoms with Gasteiger partial charge in [0.15, 0.2) is 0 Å². The first-order valence-electron chi connectivity index (χ1n) is 5.15. The third-order valence-corrected chi connectivity index (χ3v) is 3.03. The predicted molar refractivity (Wildman–Crippen MR) is 55.7 cm³/mol. The van der Waals surface area contributed by atoms with Crippen LogP contribution in [0.2, 0.25) is 0 Å². The molecule has 2 nitrogen and oxygen atoms in total. The molecule has 1 N–H and O–H groups in total. The summed E-state index contributed by atoms with van der Waals surface area (Å²) in [5.74, 6) is 0. The van der Waals surface area contributed by atoms with Gasteiger partial charge in [-0.15, -0.1) is 0 Å². The van der Waals surface area contributed by atoms with Gasteiger partial charge in [-0.2, -0.15) is 0 Å². The van der Waals surface area contributed by atoms with E-state index in [4.69, 9.17) is 0 Å². The average molecular weight is 185 g/mol. The SMILES string of the molecule is CN1CC[C@@](C)(O)[C@H]1CC(C)(C)C. The minimum absolute atomic E-state index is 0.299. The van der Waals surface area contributed by atoms with Gasteiger partial charge in [0.1, 0.15) is 0 Å². The molecule has 0 aliphatic carbocycles. The summed E-state index contributed by atoms with van der Waals surface area (Å²) in [6.45, 7) is 9.68. The van der Waals surface area contributed by atoms with Crippen LogP contribution in [0.4, 0.5) is 0 Å². The van der Waals surface area contributed by atoms with Crippen LogP contribution in [0, 0.1) is 5.41 Å². The molecular weight excluding hydrogens is 162 g/mol. The van der Waals surface area contributed by atoms with Crippen LogP contribution >= 0.6 is 0 Å². The van der Waals surface area contributed by atoms with Crippen molar-refractivity contribution in [1.29, 1.82) is 0 Å². The van der Waals surface area contributed by atoms with E-state index >= 15 is 0 Å². The van der Waals surface area contributed by atoms with Crippen molar-refractivity contribution in [3.05, 3.63) is 0 Å². The Hall–Kier alpha value is -0.0800. The molecule has 1 heterocycles. The van der Waals surface area contributed by atoms with Crippen molar-refractivity contribution in [1.82, 2.24) is 4.90 Å². The van der Waals surface area contributed by atoms with Crippen LogP contribution in [0.5, 0.6) is 0 Å². The molecule has 0 aromatic rings. The third kappa shape index (κ3) is 2.68. The molecule has 1 fully saturated rings. The fourth-order valence-corrected chi connectivity index (χ4v) is 2.16. The normalized spacial score (nSPS) is 36.9. The molecule has 0 bridgehead atoms. The average Bonchev–Trinajstić information content (AvgIpc) is 2.13. The van der Waals surface area contributed by atoms with E-state index in [1.54, 1.807) is 0 Å². The van der Waals surface area contributed by atoms with Gasteiger partial charge in [0.2, 0.25) is 0 Å². The van der Waals surface area contributed by atoms with Crippen molar-refractivity contribution in [2.24, 2.45) is 5.41 Å². The van der Waals surface area contributed by atoms with Gasteiger partial charge >= 0.3 is 0 Å². The van der Waals surface area contributed by atoms with Crippen molar-refractivity contribution in [2.75, 3.05) is 13.6 Å². The molecule has 0 aromatic carbocycles. The summed E-state index contributed by atoms with van der Waals surface area (Å²) >= 11 is 0. The zero-order chi connectivity index (χ0) is 10.3. The van der Waals surface area contributed by atoms with Crippen molar-refractivity contribution < 1.29 is 5.11 Å². The van der Waals surface area contributed by atoms with E-state index in [9.17, 15) is 5.11 Å². The lowest BCUT2D eigenvalue weighted by molar-refractivity contribution is 0.00907. The second kappa shape index (κ2) is 3.25. The Bertz CT molecular complexity index is 181. The molecule has 0 spiro atoms. The van der Waals surface area contributed by atoms with Gasteiger partial charge in [0.05, 0.1) is 5.60 Å². The molecule has 2 heteroatoms. The lowest BCUT2D eigenvalue weighted by atomic mass is 9.82. The molecule has 0 amide bonds. The van der Waals surface area contributed by atoms with Crippen molar-refractivity contribution >= 4 is 0 Å². The number of aliphatic hydroxyl groups is 1. The Labute approximate surface area is 81.9 Å². The molecule has 0 unspecified atom stereocenters. The van der Waals surface area contributed by atoms with E-state index < -0.39 is 5.60 Å². The highest BCUT2D eigenvalue weighted by molar-refractivity contribution is 4.97. The lowest BCUT2D eigenvalue weighted by Crippen LogP contribution is -2.43. The fourth-order valence-electron chi connectivity index (χ4n) is 2.16. The number of hydrogen-bond donors (Lipinski definition) is 1. The Kier molecular flexibility index (Phi) is 2.75. The van der Waals surface area contributed by atoms with Gasteiger partial charge < -0.3 is 10.0 Å². The number of hydrogen-bond acceptors (Lipinski definition) is 2. The Morgan fingerprint density at radius 1 is 1.46 bits per heavy atom. The second-order valence-electron chi connectivity index (χ2n) is 5.87. The highest BCUT2D eigenvalue weighted by atomic mass is 16.3. The van der Waals surface area contributed by atoms with Crippen molar-refractivity contribution in [2.45, 2.75) is 52.2 Å². The summed E-state index contributed by atoms with van der Waals surface area (Å²) in [6, 6.07) is 0.326. The fraction of sp³-hybridized carbons (Fsp3) is 1.00. The summed E-state index contributed by atoms with van der Waals surface area (Å²) in [6.07, 6.45) is 1.97. The summed E-state index contributed by atoms with van der Waals surface area (Å²) in [5.41, 5.74) is -0.185. The Balaban J connectivity index is 2.66. The number of likely N-dealkylation sites (N-methyl/N-ethyl adjacent to an activating group) is 1. The molecule has 1 aliphatic rings. The van der Waals surface area contributed by atoms with Crippen LogP contribution in [0.3, 0.4) is 0 Å². The van der Waals surface area contributed by atoms with E-state index in [-0.39, 0.29) is 0 Å².